The van der Waals surface area contributed by atoms with Gasteiger partial charge in [0.2, 0.25) is 0 Å². The molecule has 0 spiro atoms. The van der Waals surface area contributed by atoms with Gasteiger partial charge < -0.3 is 4.57 Å². The van der Waals surface area contributed by atoms with Gasteiger partial charge in [0.25, 0.3) is 0 Å². The van der Waals surface area contributed by atoms with Gasteiger partial charge in [-0.25, -0.2) is 0 Å². The van der Waals surface area contributed by atoms with Crippen LogP contribution in [0.4, 0.5) is 0 Å². The van der Waals surface area contributed by atoms with Crippen molar-refractivity contribution in [2.75, 3.05) is 0 Å². The Morgan fingerprint density at radius 2 is 1.32 bits per heavy atom. The summed E-state index contributed by atoms with van der Waals surface area (Å²) in [5.41, 5.74) is 2.96. The van der Waals surface area contributed by atoms with E-state index in [0.29, 0.717) is 0 Å². The molecule has 1 aliphatic rings. The molecule has 0 amide bonds. The number of rotatable bonds is 2. The zero-order valence-electron chi connectivity index (χ0n) is 11.6. The van der Waals surface area contributed by atoms with Gasteiger partial charge in [-0.05, 0) is 44.7 Å². The van der Waals surface area contributed by atoms with Crippen molar-refractivity contribution in [3.63, 3.8) is 0 Å². The monoisotopic (exact) mass is 249 g/mol. The van der Waals surface area contributed by atoms with Crippen LogP contribution in [0.1, 0.15) is 26.7 Å². The normalized spacial score (nSPS) is 16.3. The Morgan fingerprint density at radius 1 is 0.842 bits per heavy atom. The van der Waals surface area contributed by atoms with Crippen LogP contribution in [-0.4, -0.2) is 4.57 Å². The first-order valence-electron chi connectivity index (χ1n) is 7.18. The largest absolute Gasteiger partial charge is 0.335 e. The average Bonchev–Trinajstić information content (AvgIpc) is 3.21. The Labute approximate surface area is 113 Å². The van der Waals surface area contributed by atoms with Crippen LogP contribution in [0.15, 0.2) is 48.5 Å². The maximum atomic E-state index is 2.56. The van der Waals surface area contributed by atoms with Crippen molar-refractivity contribution in [2.45, 2.75) is 32.2 Å². The first-order valence-corrected chi connectivity index (χ1v) is 7.18. The van der Waals surface area contributed by atoms with Crippen molar-refractivity contribution in [1.29, 1.82) is 0 Å². The topological polar surface area (TPSA) is 4.93 Å². The van der Waals surface area contributed by atoms with Crippen LogP contribution < -0.4 is 0 Å². The fourth-order valence-corrected chi connectivity index (χ4v) is 3.52. The third kappa shape index (κ3) is 1.48. The van der Waals surface area contributed by atoms with E-state index in [0.717, 1.165) is 5.92 Å². The minimum Gasteiger partial charge on any atom is -0.335 e. The predicted molar refractivity (Wildman–Crippen MR) is 81.5 cm³/mol. The Hall–Kier alpha value is -1.76. The zero-order valence-corrected chi connectivity index (χ0v) is 11.6. The number of hydrogen-bond acceptors (Lipinski definition) is 0. The molecule has 0 radical (unpaired) electrons. The highest BCUT2D eigenvalue weighted by Gasteiger charge is 2.40. The Balaban J connectivity index is 2.16. The van der Waals surface area contributed by atoms with Crippen molar-refractivity contribution in [1.82, 2.24) is 4.57 Å². The molecule has 1 aromatic heterocycles. The lowest BCUT2D eigenvalue weighted by atomic mass is 9.98. The molecule has 2 aromatic carbocycles. The van der Waals surface area contributed by atoms with Gasteiger partial charge in [0, 0.05) is 27.3 Å². The molecule has 0 bridgehead atoms. The quantitative estimate of drug-likeness (QED) is 0.606. The minimum absolute atomic E-state index is 0.211. The highest BCUT2D eigenvalue weighted by Crippen LogP contribution is 2.47. The first kappa shape index (κ1) is 11.1. The van der Waals surface area contributed by atoms with E-state index >= 15 is 0 Å². The molecule has 0 unspecified atom stereocenters. The molecule has 0 N–H and O–H groups in total. The lowest BCUT2D eigenvalue weighted by Gasteiger charge is -2.29. The molecular weight excluding hydrogens is 230 g/mol. The molecule has 4 rings (SSSR count). The Morgan fingerprint density at radius 3 is 1.79 bits per heavy atom. The highest BCUT2D eigenvalue weighted by atomic mass is 15.1. The standard InChI is InChI=1S/C18H19N/c1-18(2,13-11-12-13)19-16-9-5-3-7-14(16)15-8-4-6-10-17(15)19/h3-10,13H,11-12H2,1-2H3. The summed E-state index contributed by atoms with van der Waals surface area (Å²) < 4.78 is 2.56. The van der Waals surface area contributed by atoms with Crippen LogP contribution in [0.2, 0.25) is 0 Å². The van der Waals surface area contributed by atoms with E-state index in [-0.39, 0.29) is 5.54 Å². The number of benzene rings is 2. The highest BCUT2D eigenvalue weighted by molar-refractivity contribution is 6.08. The molecule has 1 heteroatoms. The maximum absolute atomic E-state index is 2.56. The summed E-state index contributed by atoms with van der Waals surface area (Å²) in [4.78, 5) is 0. The van der Waals surface area contributed by atoms with Gasteiger partial charge in [0.1, 0.15) is 0 Å². The average molecular weight is 249 g/mol. The second kappa shape index (κ2) is 3.63. The van der Waals surface area contributed by atoms with E-state index in [1.807, 2.05) is 0 Å². The molecule has 3 aromatic rings. The van der Waals surface area contributed by atoms with Crippen LogP contribution in [0, 0.1) is 5.92 Å². The molecule has 0 atom stereocenters. The van der Waals surface area contributed by atoms with Crippen molar-refractivity contribution in [2.24, 2.45) is 5.92 Å². The van der Waals surface area contributed by atoms with E-state index in [2.05, 4.69) is 66.9 Å². The predicted octanol–water partition coefficient (Wildman–Crippen LogP) is 4.94. The fourth-order valence-electron chi connectivity index (χ4n) is 3.52. The molecular formula is C18H19N. The van der Waals surface area contributed by atoms with Crippen molar-refractivity contribution in [3.8, 4) is 0 Å². The van der Waals surface area contributed by atoms with Crippen LogP contribution in [0.3, 0.4) is 0 Å². The minimum atomic E-state index is 0.211. The van der Waals surface area contributed by atoms with Gasteiger partial charge in [-0.2, -0.15) is 0 Å². The number of nitrogens with zero attached hydrogens (tertiary/aromatic N) is 1. The van der Waals surface area contributed by atoms with Crippen LogP contribution in [-0.2, 0) is 5.54 Å². The molecule has 1 saturated carbocycles. The van der Waals surface area contributed by atoms with Crippen molar-refractivity contribution >= 4 is 21.8 Å². The molecule has 1 heterocycles. The summed E-state index contributed by atoms with van der Waals surface area (Å²) in [5.74, 6) is 0.826. The fraction of sp³-hybridized carbons (Fsp3) is 0.333. The summed E-state index contributed by atoms with van der Waals surface area (Å²) in [6.07, 6.45) is 2.74. The van der Waals surface area contributed by atoms with Crippen molar-refractivity contribution < 1.29 is 0 Å². The summed E-state index contributed by atoms with van der Waals surface area (Å²) in [7, 11) is 0. The third-order valence-corrected chi connectivity index (χ3v) is 4.73. The van der Waals surface area contributed by atoms with Gasteiger partial charge >= 0.3 is 0 Å². The van der Waals surface area contributed by atoms with E-state index < -0.39 is 0 Å². The van der Waals surface area contributed by atoms with Gasteiger partial charge in [0.05, 0.1) is 0 Å². The van der Waals surface area contributed by atoms with Gasteiger partial charge in [-0.15, -0.1) is 0 Å². The van der Waals surface area contributed by atoms with E-state index in [4.69, 9.17) is 0 Å². The number of para-hydroxylation sites is 2. The van der Waals surface area contributed by atoms with E-state index in [1.54, 1.807) is 0 Å². The molecule has 19 heavy (non-hydrogen) atoms. The van der Waals surface area contributed by atoms with Crippen LogP contribution >= 0.6 is 0 Å². The van der Waals surface area contributed by atoms with E-state index in [1.165, 1.54) is 34.6 Å². The number of aromatic nitrogens is 1. The maximum Gasteiger partial charge on any atom is 0.0496 e. The summed E-state index contributed by atoms with van der Waals surface area (Å²) in [5, 5.41) is 2.76. The van der Waals surface area contributed by atoms with Crippen LogP contribution in [0.5, 0.6) is 0 Å². The summed E-state index contributed by atoms with van der Waals surface area (Å²) in [6.45, 7) is 4.78. The van der Waals surface area contributed by atoms with Crippen molar-refractivity contribution in [3.05, 3.63) is 48.5 Å². The molecule has 96 valence electrons. The number of fused-ring (bicyclic) bond motifs is 3. The smallest absolute Gasteiger partial charge is 0.0496 e. The summed E-state index contributed by atoms with van der Waals surface area (Å²) >= 11 is 0. The SMILES string of the molecule is CC(C)(C1CC1)n1c2ccccc2c2ccccc21. The lowest BCUT2D eigenvalue weighted by molar-refractivity contribution is 0.324. The molecule has 0 saturated heterocycles. The zero-order chi connectivity index (χ0) is 13.0. The molecule has 1 nitrogen and oxygen atoms in total. The second-order valence-corrected chi connectivity index (χ2v) is 6.30. The summed E-state index contributed by atoms with van der Waals surface area (Å²) in [6, 6.07) is 17.6. The molecule has 0 aliphatic heterocycles. The second-order valence-electron chi connectivity index (χ2n) is 6.30. The van der Waals surface area contributed by atoms with Crippen LogP contribution in [0.25, 0.3) is 21.8 Å². The molecule has 1 fully saturated rings. The lowest BCUT2D eigenvalue weighted by Crippen LogP contribution is -2.28. The van der Waals surface area contributed by atoms with Gasteiger partial charge in [-0.3, -0.25) is 0 Å². The molecule has 1 aliphatic carbocycles. The Kier molecular flexibility index (Phi) is 2.12. The van der Waals surface area contributed by atoms with E-state index in [9.17, 15) is 0 Å². The first-order chi connectivity index (χ1) is 9.19. The number of hydrogen-bond donors (Lipinski definition) is 0. The third-order valence-electron chi connectivity index (χ3n) is 4.73. The Bertz CT molecular complexity index is 706. The van der Waals surface area contributed by atoms with Gasteiger partial charge in [-0.1, -0.05) is 36.4 Å². The van der Waals surface area contributed by atoms with Gasteiger partial charge in [0.15, 0.2) is 0 Å².